The molecular formula is C16H21N5O2S. The first kappa shape index (κ1) is 18.1. The normalized spacial score (nSPS) is 14.3. The molecule has 0 amide bonds. The van der Waals surface area contributed by atoms with E-state index in [1.807, 2.05) is 38.1 Å². The third kappa shape index (κ3) is 5.44. The Balaban J connectivity index is 2.20. The van der Waals surface area contributed by atoms with E-state index in [1.165, 1.54) is 11.2 Å². The van der Waals surface area contributed by atoms with E-state index in [0.29, 0.717) is 12.4 Å². The predicted molar refractivity (Wildman–Crippen MR) is 92.3 cm³/mol. The SMILES string of the molecule is CC(C)CN(NS(=O)(=O)CC1=CC=CCC1)c1ccnc(C#N)n1. The highest BCUT2D eigenvalue weighted by Gasteiger charge is 2.20. The highest BCUT2D eigenvalue weighted by molar-refractivity contribution is 7.89. The Kier molecular flexibility index (Phi) is 6.06. The van der Waals surface area contributed by atoms with Crippen LogP contribution in [0.3, 0.4) is 0 Å². The Bertz CT molecular complexity index is 778. The lowest BCUT2D eigenvalue weighted by Crippen LogP contribution is -2.46. The fourth-order valence-electron chi connectivity index (χ4n) is 2.31. The van der Waals surface area contributed by atoms with Crippen LogP contribution in [0.4, 0.5) is 5.82 Å². The summed E-state index contributed by atoms with van der Waals surface area (Å²) in [6.45, 7) is 4.38. The van der Waals surface area contributed by atoms with Crippen molar-refractivity contribution in [2.45, 2.75) is 26.7 Å². The molecule has 1 aliphatic carbocycles. The molecule has 1 heterocycles. The molecule has 2 rings (SSSR count). The van der Waals surface area contributed by atoms with Crippen LogP contribution in [0.1, 0.15) is 32.5 Å². The van der Waals surface area contributed by atoms with Gasteiger partial charge in [-0.15, -0.1) is 4.83 Å². The first-order chi connectivity index (χ1) is 11.4. The van der Waals surface area contributed by atoms with Gasteiger partial charge in [-0.2, -0.15) is 5.26 Å². The van der Waals surface area contributed by atoms with Crippen molar-refractivity contribution in [3.63, 3.8) is 0 Å². The summed E-state index contributed by atoms with van der Waals surface area (Å²) in [5.74, 6) is 0.504. The molecule has 1 aliphatic rings. The lowest BCUT2D eigenvalue weighted by molar-refractivity contribution is 0.553. The molecule has 128 valence electrons. The van der Waals surface area contributed by atoms with Crippen LogP contribution >= 0.6 is 0 Å². The predicted octanol–water partition coefficient (Wildman–Crippen LogP) is 1.92. The van der Waals surface area contributed by atoms with E-state index in [-0.39, 0.29) is 17.5 Å². The number of rotatable bonds is 7. The van der Waals surface area contributed by atoms with Gasteiger partial charge in [-0.05, 0) is 18.8 Å². The van der Waals surface area contributed by atoms with Crippen molar-refractivity contribution in [1.82, 2.24) is 14.8 Å². The van der Waals surface area contributed by atoms with Crippen molar-refractivity contribution in [2.24, 2.45) is 5.92 Å². The Labute approximate surface area is 142 Å². The van der Waals surface area contributed by atoms with Crippen LogP contribution < -0.4 is 9.84 Å². The zero-order valence-electron chi connectivity index (χ0n) is 13.8. The smallest absolute Gasteiger partial charge is 0.234 e. The van der Waals surface area contributed by atoms with Crippen molar-refractivity contribution in [3.8, 4) is 6.07 Å². The van der Waals surface area contributed by atoms with Crippen molar-refractivity contribution in [1.29, 1.82) is 5.26 Å². The van der Waals surface area contributed by atoms with Gasteiger partial charge in [0.05, 0.1) is 5.75 Å². The molecule has 1 N–H and O–H groups in total. The molecule has 0 saturated carbocycles. The van der Waals surface area contributed by atoms with E-state index in [4.69, 9.17) is 5.26 Å². The summed E-state index contributed by atoms with van der Waals surface area (Å²) < 4.78 is 25.0. The van der Waals surface area contributed by atoms with E-state index in [9.17, 15) is 8.42 Å². The third-order valence-electron chi connectivity index (χ3n) is 3.29. The van der Waals surface area contributed by atoms with E-state index < -0.39 is 10.0 Å². The Morgan fingerprint density at radius 3 is 2.88 bits per heavy atom. The van der Waals surface area contributed by atoms with Gasteiger partial charge in [0.25, 0.3) is 0 Å². The van der Waals surface area contributed by atoms with Crippen LogP contribution in [-0.4, -0.2) is 30.7 Å². The molecule has 1 aromatic heterocycles. The van der Waals surface area contributed by atoms with Crippen molar-refractivity contribution in [3.05, 3.63) is 41.9 Å². The number of anilines is 1. The number of aromatic nitrogens is 2. The number of nitrogens with zero attached hydrogens (tertiary/aromatic N) is 4. The fourth-order valence-corrected chi connectivity index (χ4v) is 3.61. The van der Waals surface area contributed by atoms with Gasteiger partial charge in [0.15, 0.2) is 0 Å². The summed E-state index contributed by atoms with van der Waals surface area (Å²) in [6.07, 6.45) is 8.77. The molecule has 0 fully saturated rings. The lowest BCUT2D eigenvalue weighted by atomic mass is 10.1. The number of hydrazine groups is 1. The minimum absolute atomic E-state index is 0.000537. The lowest BCUT2D eigenvalue weighted by Gasteiger charge is -2.26. The molecule has 24 heavy (non-hydrogen) atoms. The van der Waals surface area contributed by atoms with E-state index in [2.05, 4.69) is 14.8 Å². The summed E-state index contributed by atoms with van der Waals surface area (Å²) >= 11 is 0. The highest BCUT2D eigenvalue weighted by Crippen LogP contribution is 2.15. The molecule has 0 radical (unpaired) electrons. The molecular weight excluding hydrogens is 326 g/mol. The summed E-state index contributed by atoms with van der Waals surface area (Å²) in [6, 6.07) is 3.44. The van der Waals surface area contributed by atoms with Crippen molar-refractivity contribution in [2.75, 3.05) is 17.3 Å². The van der Waals surface area contributed by atoms with Crippen molar-refractivity contribution >= 4 is 15.8 Å². The average molecular weight is 347 g/mol. The standard InChI is InChI=1S/C16H21N5O2S/c1-13(2)11-21(16-8-9-18-15(10-17)19-16)20-24(22,23)12-14-6-4-3-5-7-14/h3-4,6,8-9,13,20H,5,7,11-12H2,1-2H3. The molecule has 0 bridgehead atoms. The molecule has 0 spiro atoms. The van der Waals surface area contributed by atoms with Gasteiger partial charge in [0.2, 0.25) is 15.8 Å². The maximum Gasteiger partial charge on any atom is 0.234 e. The molecule has 0 unspecified atom stereocenters. The van der Waals surface area contributed by atoms with Gasteiger partial charge in [-0.25, -0.2) is 18.4 Å². The fraction of sp³-hybridized carbons (Fsp3) is 0.438. The molecule has 0 aromatic carbocycles. The number of nitriles is 1. The van der Waals surface area contributed by atoms with Crippen LogP contribution in [0.25, 0.3) is 0 Å². The van der Waals surface area contributed by atoms with Crippen LogP contribution in [0.5, 0.6) is 0 Å². The molecule has 8 heteroatoms. The average Bonchev–Trinajstić information content (AvgIpc) is 2.54. The topological polar surface area (TPSA) is 99.0 Å². The second kappa shape index (κ2) is 8.04. The van der Waals surface area contributed by atoms with Gasteiger partial charge in [0, 0.05) is 18.8 Å². The number of nitrogens with one attached hydrogen (secondary N) is 1. The van der Waals surface area contributed by atoms with Gasteiger partial charge in [0.1, 0.15) is 11.9 Å². The minimum Gasteiger partial charge on any atom is -0.278 e. The first-order valence-electron chi connectivity index (χ1n) is 7.75. The first-order valence-corrected chi connectivity index (χ1v) is 9.40. The van der Waals surface area contributed by atoms with Gasteiger partial charge in [-0.1, -0.05) is 37.6 Å². The number of allylic oxidation sites excluding steroid dienone is 3. The minimum atomic E-state index is -3.56. The van der Waals surface area contributed by atoms with Crippen LogP contribution in [0, 0.1) is 17.2 Å². The van der Waals surface area contributed by atoms with Gasteiger partial charge < -0.3 is 0 Å². The van der Waals surface area contributed by atoms with Crippen LogP contribution in [0.2, 0.25) is 0 Å². The number of hydrogen-bond acceptors (Lipinski definition) is 6. The summed E-state index contributed by atoms with van der Waals surface area (Å²) in [5.41, 5.74) is 0.870. The molecule has 7 nitrogen and oxygen atoms in total. The van der Waals surface area contributed by atoms with E-state index in [1.54, 1.807) is 6.07 Å². The maximum atomic E-state index is 12.5. The van der Waals surface area contributed by atoms with E-state index >= 15 is 0 Å². The van der Waals surface area contributed by atoms with Crippen LogP contribution in [0.15, 0.2) is 36.1 Å². The Hall–Kier alpha value is -2.24. The molecule has 0 atom stereocenters. The van der Waals surface area contributed by atoms with E-state index in [0.717, 1.165) is 18.4 Å². The Morgan fingerprint density at radius 1 is 1.46 bits per heavy atom. The van der Waals surface area contributed by atoms with Gasteiger partial charge >= 0.3 is 0 Å². The summed E-state index contributed by atoms with van der Waals surface area (Å²) in [5, 5.41) is 10.4. The van der Waals surface area contributed by atoms with Gasteiger partial charge in [-0.3, -0.25) is 5.01 Å². The van der Waals surface area contributed by atoms with Crippen LogP contribution in [-0.2, 0) is 10.0 Å². The molecule has 0 saturated heterocycles. The summed E-state index contributed by atoms with van der Waals surface area (Å²) in [4.78, 5) is 10.5. The highest BCUT2D eigenvalue weighted by atomic mass is 32.2. The molecule has 1 aromatic rings. The quantitative estimate of drug-likeness (QED) is 0.757. The summed E-state index contributed by atoms with van der Waals surface area (Å²) in [7, 11) is -3.56. The molecule has 0 aliphatic heterocycles. The zero-order chi connectivity index (χ0) is 17.6. The third-order valence-corrected chi connectivity index (χ3v) is 4.54. The maximum absolute atomic E-state index is 12.5. The zero-order valence-corrected chi connectivity index (χ0v) is 14.6. The monoisotopic (exact) mass is 347 g/mol. The largest absolute Gasteiger partial charge is 0.278 e. The second-order valence-corrected chi connectivity index (χ2v) is 7.70. The number of hydrogen-bond donors (Lipinski definition) is 1. The number of sulfonamides is 1. The van der Waals surface area contributed by atoms with Crippen molar-refractivity contribution < 1.29 is 8.42 Å². The Morgan fingerprint density at radius 2 is 2.25 bits per heavy atom. The second-order valence-electron chi connectivity index (χ2n) is 6.00.